The topological polar surface area (TPSA) is 101 Å². The maximum Gasteiger partial charge on any atom is 0.272 e. The van der Waals surface area contributed by atoms with E-state index < -0.39 is 0 Å². The third-order valence-electron chi connectivity index (χ3n) is 8.16. The molecule has 3 N–H and O–H groups in total. The zero-order valence-electron chi connectivity index (χ0n) is 25.4. The summed E-state index contributed by atoms with van der Waals surface area (Å²) >= 11 is 6.36. The van der Waals surface area contributed by atoms with Crippen molar-refractivity contribution in [3.63, 3.8) is 0 Å². The average Bonchev–Trinajstić information content (AvgIpc) is 3.39. The number of benzene rings is 3. The van der Waals surface area contributed by atoms with Crippen LogP contribution in [0.15, 0.2) is 66.7 Å². The molecule has 3 amide bonds. The number of ether oxygens (including phenoxy) is 1. The lowest BCUT2D eigenvalue weighted by molar-refractivity contribution is -0.124. The smallest absolute Gasteiger partial charge is 0.272 e. The van der Waals surface area contributed by atoms with Crippen molar-refractivity contribution < 1.29 is 19.1 Å². The number of carbonyl (C=O) groups is 3. The predicted octanol–water partition coefficient (Wildman–Crippen LogP) is 7.72. The van der Waals surface area contributed by atoms with E-state index in [0.717, 1.165) is 22.2 Å². The van der Waals surface area contributed by atoms with Gasteiger partial charge in [-0.25, -0.2) is 0 Å². The summed E-state index contributed by atoms with van der Waals surface area (Å²) < 4.78 is 7.22. The number of rotatable bonds is 10. The molecule has 1 fully saturated rings. The summed E-state index contributed by atoms with van der Waals surface area (Å²) in [4.78, 5) is 38.6. The fourth-order valence-corrected chi connectivity index (χ4v) is 5.93. The summed E-state index contributed by atoms with van der Waals surface area (Å²) in [5.74, 6) is -0.229. The van der Waals surface area contributed by atoms with Gasteiger partial charge in [-0.2, -0.15) is 0 Å². The van der Waals surface area contributed by atoms with Gasteiger partial charge in [0.25, 0.3) is 11.8 Å². The molecule has 4 aromatic rings. The van der Waals surface area contributed by atoms with E-state index in [-0.39, 0.29) is 30.4 Å². The number of nitrogens with one attached hydrogen (secondary N) is 3. The lowest BCUT2D eigenvalue weighted by atomic mass is 9.84. The molecule has 1 aromatic heterocycles. The first-order valence-electron chi connectivity index (χ1n) is 15.1. The van der Waals surface area contributed by atoms with Crippen LogP contribution in [0.1, 0.15) is 83.8 Å². The molecule has 1 heterocycles. The summed E-state index contributed by atoms with van der Waals surface area (Å²) in [6.45, 7) is 4.13. The van der Waals surface area contributed by atoms with E-state index in [1.807, 2.05) is 38.1 Å². The summed E-state index contributed by atoms with van der Waals surface area (Å²) in [6.07, 6.45) is 6.32. The molecule has 1 aliphatic rings. The van der Waals surface area contributed by atoms with Gasteiger partial charge in [0.15, 0.2) is 0 Å². The lowest BCUT2D eigenvalue weighted by Gasteiger charge is -2.22. The van der Waals surface area contributed by atoms with Crippen LogP contribution in [-0.4, -0.2) is 29.4 Å². The molecule has 9 heteroatoms. The molecule has 44 heavy (non-hydrogen) atoms. The highest BCUT2D eigenvalue weighted by Crippen LogP contribution is 2.33. The molecule has 230 valence electrons. The Labute approximate surface area is 263 Å². The van der Waals surface area contributed by atoms with Gasteiger partial charge < -0.3 is 25.3 Å². The van der Waals surface area contributed by atoms with E-state index in [1.165, 1.54) is 37.7 Å². The van der Waals surface area contributed by atoms with Crippen molar-refractivity contribution in [2.45, 2.75) is 65.1 Å². The number of aromatic nitrogens is 1. The van der Waals surface area contributed by atoms with Crippen LogP contribution in [0.2, 0.25) is 5.02 Å². The normalized spacial score (nSPS) is 13.7. The molecule has 0 spiro atoms. The molecular weight excluding hydrogens is 576 g/mol. The van der Waals surface area contributed by atoms with Crippen molar-refractivity contribution in [2.75, 3.05) is 17.7 Å². The summed E-state index contributed by atoms with van der Waals surface area (Å²) in [5, 5.41) is 9.87. The minimum Gasteiger partial charge on any atom is -0.364 e. The number of carbonyl (C=O) groups excluding carboxylic acids is 3. The third-order valence-corrected chi connectivity index (χ3v) is 8.49. The maximum absolute atomic E-state index is 13.4. The van der Waals surface area contributed by atoms with Crippen LogP contribution in [0.3, 0.4) is 0 Å². The molecule has 3 aromatic carbocycles. The van der Waals surface area contributed by atoms with Crippen molar-refractivity contribution in [1.29, 1.82) is 0 Å². The van der Waals surface area contributed by atoms with Crippen molar-refractivity contribution in [3.05, 3.63) is 94.1 Å². The lowest BCUT2D eigenvalue weighted by Crippen LogP contribution is -2.27. The number of hydrogen-bond acceptors (Lipinski definition) is 4. The molecule has 0 radical (unpaired) electrons. The second kappa shape index (κ2) is 14.1. The van der Waals surface area contributed by atoms with E-state index in [9.17, 15) is 14.4 Å². The largest absolute Gasteiger partial charge is 0.364 e. The molecule has 0 unspecified atom stereocenters. The first-order valence-corrected chi connectivity index (χ1v) is 15.5. The Morgan fingerprint density at radius 2 is 1.59 bits per heavy atom. The third kappa shape index (κ3) is 7.31. The Morgan fingerprint density at radius 1 is 0.886 bits per heavy atom. The van der Waals surface area contributed by atoms with Crippen LogP contribution in [0.25, 0.3) is 10.9 Å². The SMILES string of the molecule is COCn1c(C(=O)Nc2ccc(C3CCCCC3)cc2)cc2cc(NC(=O)c3cc(CNC(=O)C(C)C)ccc3Cl)ccc21. The number of nitrogens with zero attached hydrogens (tertiary/aromatic N) is 1. The minimum absolute atomic E-state index is 0.0692. The second-order valence-electron chi connectivity index (χ2n) is 11.7. The van der Waals surface area contributed by atoms with Crippen molar-refractivity contribution in [1.82, 2.24) is 9.88 Å². The number of amides is 3. The fourth-order valence-electron chi connectivity index (χ4n) is 5.72. The molecule has 0 saturated heterocycles. The number of halogens is 1. The van der Waals surface area contributed by atoms with Gasteiger partial charge in [-0.3, -0.25) is 14.4 Å². The summed E-state index contributed by atoms with van der Waals surface area (Å²) in [5.41, 5.74) is 4.92. The predicted molar refractivity (Wildman–Crippen MR) is 175 cm³/mol. The van der Waals surface area contributed by atoms with Gasteiger partial charge in [0.2, 0.25) is 5.91 Å². The second-order valence-corrected chi connectivity index (χ2v) is 12.1. The van der Waals surface area contributed by atoms with Gasteiger partial charge in [0.1, 0.15) is 12.4 Å². The van der Waals surface area contributed by atoms with Crippen LogP contribution >= 0.6 is 11.6 Å². The molecule has 0 atom stereocenters. The highest BCUT2D eigenvalue weighted by atomic mass is 35.5. The average molecular weight is 615 g/mol. The van der Waals surface area contributed by atoms with Gasteiger partial charge in [-0.1, -0.05) is 62.9 Å². The first-order chi connectivity index (χ1) is 21.2. The first kappa shape index (κ1) is 31.3. The van der Waals surface area contributed by atoms with Crippen LogP contribution < -0.4 is 16.0 Å². The Kier molecular flexibility index (Phi) is 10.0. The Bertz CT molecular complexity index is 1660. The fraction of sp³-hybridized carbons (Fsp3) is 0.343. The maximum atomic E-state index is 13.4. The Morgan fingerprint density at radius 3 is 2.30 bits per heavy atom. The zero-order chi connectivity index (χ0) is 31.2. The van der Waals surface area contributed by atoms with Crippen LogP contribution in [0, 0.1) is 5.92 Å². The van der Waals surface area contributed by atoms with Crippen LogP contribution in [0.4, 0.5) is 11.4 Å². The Hall–Kier alpha value is -4.14. The Balaban J connectivity index is 1.31. The van der Waals surface area contributed by atoms with E-state index >= 15 is 0 Å². The molecule has 8 nitrogen and oxygen atoms in total. The zero-order valence-corrected chi connectivity index (χ0v) is 26.2. The molecule has 1 saturated carbocycles. The molecule has 0 aliphatic heterocycles. The quantitative estimate of drug-likeness (QED) is 0.170. The van der Waals surface area contributed by atoms with Crippen LogP contribution in [0.5, 0.6) is 0 Å². The highest BCUT2D eigenvalue weighted by molar-refractivity contribution is 6.34. The molecule has 0 bridgehead atoms. The number of anilines is 2. The highest BCUT2D eigenvalue weighted by Gasteiger charge is 2.19. The van der Waals surface area contributed by atoms with E-state index in [2.05, 4.69) is 28.1 Å². The van der Waals surface area contributed by atoms with E-state index in [1.54, 1.807) is 42.0 Å². The van der Waals surface area contributed by atoms with Gasteiger partial charge in [-0.05, 0) is 78.4 Å². The monoisotopic (exact) mass is 614 g/mol. The summed E-state index contributed by atoms with van der Waals surface area (Å²) in [7, 11) is 1.58. The number of methoxy groups -OCH3 is 1. The van der Waals surface area contributed by atoms with E-state index in [0.29, 0.717) is 34.4 Å². The number of hydrogen-bond donors (Lipinski definition) is 3. The minimum atomic E-state index is -0.377. The van der Waals surface area contributed by atoms with Gasteiger partial charge in [0.05, 0.1) is 16.1 Å². The van der Waals surface area contributed by atoms with Gasteiger partial charge in [-0.15, -0.1) is 0 Å². The van der Waals surface area contributed by atoms with Crippen LogP contribution in [-0.2, 0) is 22.8 Å². The molecular formula is C35H39ClN4O4. The van der Waals surface area contributed by atoms with Crippen molar-refractivity contribution in [2.24, 2.45) is 5.92 Å². The standard InChI is InChI=1S/C35H39ClN4O4/c1-22(2)33(41)37-20-23-9-15-30(36)29(17-23)34(42)39-28-14-16-31-26(18-28)19-32(40(31)21-44-3)35(43)38-27-12-10-25(11-13-27)24-7-5-4-6-8-24/h9-19,22,24H,4-8,20-21H2,1-3H3,(H,37,41)(H,38,43)(H,39,42). The van der Waals surface area contributed by atoms with Crippen molar-refractivity contribution >= 4 is 51.6 Å². The number of fused-ring (bicyclic) bond motifs is 1. The molecule has 1 aliphatic carbocycles. The van der Waals surface area contributed by atoms with Gasteiger partial charge >= 0.3 is 0 Å². The van der Waals surface area contributed by atoms with Crippen molar-refractivity contribution in [3.8, 4) is 0 Å². The summed E-state index contributed by atoms with van der Waals surface area (Å²) in [6, 6.07) is 20.5. The molecule has 5 rings (SSSR count). The van der Waals surface area contributed by atoms with E-state index in [4.69, 9.17) is 16.3 Å². The van der Waals surface area contributed by atoms with Gasteiger partial charge in [0, 0.05) is 36.3 Å².